The van der Waals surface area contributed by atoms with Crippen LogP contribution in [0.15, 0.2) is 58.3 Å². The predicted molar refractivity (Wildman–Crippen MR) is 68.6 cm³/mol. The van der Waals surface area contributed by atoms with Gasteiger partial charge in [0.2, 0.25) is 0 Å². The molecule has 0 aliphatic rings. The summed E-state index contributed by atoms with van der Waals surface area (Å²) in [5.41, 5.74) is 1.07. The molecule has 0 aromatic heterocycles. The van der Waals surface area contributed by atoms with Crippen LogP contribution in [0, 0.1) is 0 Å². The monoisotopic (exact) mass is 246 g/mol. The summed E-state index contributed by atoms with van der Waals surface area (Å²) in [5, 5.41) is 9.77. The van der Waals surface area contributed by atoms with Crippen LogP contribution in [-0.4, -0.2) is 9.32 Å². The summed E-state index contributed by atoms with van der Waals surface area (Å²) in [6.45, 7) is 2.03. The van der Waals surface area contributed by atoms with Crippen molar-refractivity contribution in [1.29, 1.82) is 0 Å². The van der Waals surface area contributed by atoms with E-state index in [1.54, 1.807) is 24.3 Å². The molecule has 2 rings (SSSR count). The molecule has 17 heavy (non-hydrogen) atoms. The van der Waals surface area contributed by atoms with Gasteiger partial charge in [-0.2, -0.15) is 0 Å². The van der Waals surface area contributed by atoms with Crippen molar-refractivity contribution in [1.82, 2.24) is 0 Å². The van der Waals surface area contributed by atoms with Gasteiger partial charge in [-0.05, 0) is 36.2 Å². The van der Waals surface area contributed by atoms with Crippen molar-refractivity contribution < 1.29 is 9.32 Å². The van der Waals surface area contributed by atoms with Crippen LogP contribution in [0.1, 0.15) is 12.5 Å². The van der Waals surface area contributed by atoms with Crippen LogP contribution >= 0.6 is 0 Å². The highest BCUT2D eigenvalue weighted by atomic mass is 32.2. The van der Waals surface area contributed by atoms with Gasteiger partial charge in [0.1, 0.15) is 5.75 Å². The van der Waals surface area contributed by atoms with Crippen molar-refractivity contribution in [3.05, 3.63) is 54.1 Å². The first-order chi connectivity index (χ1) is 8.22. The Morgan fingerprint density at radius 2 is 1.82 bits per heavy atom. The summed E-state index contributed by atoms with van der Waals surface area (Å²) in [7, 11) is -1.32. The van der Waals surface area contributed by atoms with Gasteiger partial charge in [0, 0.05) is 4.90 Å². The van der Waals surface area contributed by atoms with Crippen LogP contribution in [0.5, 0.6) is 5.75 Å². The molecule has 0 bridgehead atoms. The highest BCUT2D eigenvalue weighted by molar-refractivity contribution is 7.85. The van der Waals surface area contributed by atoms with E-state index in [2.05, 4.69) is 0 Å². The van der Waals surface area contributed by atoms with Gasteiger partial charge in [-0.15, -0.1) is 0 Å². The van der Waals surface area contributed by atoms with Gasteiger partial charge in [0.05, 0.1) is 15.7 Å². The van der Waals surface area contributed by atoms with Crippen molar-refractivity contribution in [2.75, 3.05) is 0 Å². The third-order valence-electron chi connectivity index (χ3n) is 2.59. The van der Waals surface area contributed by atoms with Crippen LogP contribution in [0.25, 0.3) is 0 Å². The van der Waals surface area contributed by atoms with Gasteiger partial charge < -0.3 is 5.11 Å². The standard InChI is InChI=1S/C14H14O2S/c1-2-11-8-9-13(15)14(10-11)17(16)12-6-4-3-5-7-12/h3-10,15H,2H2,1H3/t17-/m1/s1. The molecule has 0 aliphatic carbocycles. The minimum Gasteiger partial charge on any atom is -0.507 e. The molecule has 0 saturated carbocycles. The number of phenolic OH excluding ortho intramolecular Hbond substituents is 1. The molecular weight excluding hydrogens is 232 g/mol. The van der Waals surface area contributed by atoms with E-state index >= 15 is 0 Å². The molecule has 0 aliphatic heterocycles. The second-order valence-corrected chi connectivity index (χ2v) is 5.19. The third kappa shape index (κ3) is 2.56. The Kier molecular flexibility index (Phi) is 3.59. The maximum atomic E-state index is 12.3. The fourth-order valence-electron chi connectivity index (χ4n) is 1.60. The zero-order chi connectivity index (χ0) is 12.3. The van der Waals surface area contributed by atoms with Crippen LogP contribution in [0.2, 0.25) is 0 Å². The fourth-order valence-corrected chi connectivity index (χ4v) is 2.77. The summed E-state index contributed by atoms with van der Waals surface area (Å²) in [6, 6.07) is 14.4. The number of hydrogen-bond donors (Lipinski definition) is 1. The van der Waals surface area contributed by atoms with Crippen LogP contribution in [0.3, 0.4) is 0 Å². The summed E-state index contributed by atoms with van der Waals surface area (Å²) in [6.07, 6.45) is 0.860. The first kappa shape index (κ1) is 11.9. The summed E-state index contributed by atoms with van der Waals surface area (Å²) in [4.78, 5) is 1.19. The molecule has 0 heterocycles. The van der Waals surface area contributed by atoms with Crippen LogP contribution in [-0.2, 0) is 17.2 Å². The van der Waals surface area contributed by atoms with Crippen LogP contribution in [0.4, 0.5) is 0 Å². The molecule has 3 heteroatoms. The molecule has 0 amide bonds. The largest absolute Gasteiger partial charge is 0.507 e. The van der Waals surface area contributed by atoms with Crippen molar-refractivity contribution in [3.8, 4) is 5.75 Å². The molecule has 88 valence electrons. The molecule has 2 aromatic carbocycles. The van der Waals surface area contributed by atoms with E-state index in [4.69, 9.17) is 0 Å². The number of benzene rings is 2. The molecule has 0 radical (unpaired) electrons. The highest BCUT2D eigenvalue weighted by Crippen LogP contribution is 2.26. The SMILES string of the molecule is CCc1ccc(O)c([S@](=O)c2ccccc2)c1. The van der Waals surface area contributed by atoms with Gasteiger partial charge in [-0.1, -0.05) is 31.2 Å². The fraction of sp³-hybridized carbons (Fsp3) is 0.143. The van der Waals surface area contributed by atoms with Crippen molar-refractivity contribution >= 4 is 10.8 Å². The Morgan fingerprint density at radius 1 is 1.12 bits per heavy atom. The number of hydrogen-bond acceptors (Lipinski definition) is 2. The Balaban J connectivity index is 2.44. The molecule has 0 unspecified atom stereocenters. The van der Waals surface area contributed by atoms with Gasteiger partial charge in [0.25, 0.3) is 0 Å². The second-order valence-electron chi connectivity index (χ2n) is 3.74. The lowest BCUT2D eigenvalue weighted by Crippen LogP contribution is -1.94. The maximum absolute atomic E-state index is 12.3. The highest BCUT2D eigenvalue weighted by Gasteiger charge is 2.11. The minimum absolute atomic E-state index is 0.0874. The average molecular weight is 246 g/mol. The lowest BCUT2D eigenvalue weighted by Gasteiger charge is -2.06. The van der Waals surface area contributed by atoms with E-state index in [1.165, 1.54) is 0 Å². The van der Waals surface area contributed by atoms with Gasteiger partial charge in [-0.3, -0.25) is 0 Å². The van der Waals surface area contributed by atoms with Gasteiger partial charge in [-0.25, -0.2) is 4.21 Å². The first-order valence-electron chi connectivity index (χ1n) is 5.51. The molecule has 0 spiro atoms. The molecule has 0 saturated heterocycles. The van der Waals surface area contributed by atoms with E-state index < -0.39 is 10.8 Å². The van der Waals surface area contributed by atoms with Crippen molar-refractivity contribution in [3.63, 3.8) is 0 Å². The summed E-state index contributed by atoms with van der Waals surface area (Å²) in [5.74, 6) is 0.0874. The second kappa shape index (κ2) is 5.15. The van der Waals surface area contributed by atoms with E-state index in [0.29, 0.717) is 9.79 Å². The predicted octanol–water partition coefficient (Wildman–Crippen LogP) is 3.12. The minimum atomic E-state index is -1.32. The zero-order valence-corrected chi connectivity index (χ0v) is 10.4. The lowest BCUT2D eigenvalue weighted by atomic mass is 10.2. The Morgan fingerprint density at radius 3 is 2.47 bits per heavy atom. The van der Waals surface area contributed by atoms with E-state index in [0.717, 1.165) is 12.0 Å². The zero-order valence-electron chi connectivity index (χ0n) is 9.59. The molecule has 2 nitrogen and oxygen atoms in total. The number of aromatic hydroxyl groups is 1. The van der Waals surface area contributed by atoms with E-state index in [-0.39, 0.29) is 5.75 Å². The van der Waals surface area contributed by atoms with Gasteiger partial charge in [0.15, 0.2) is 0 Å². The van der Waals surface area contributed by atoms with Crippen LogP contribution < -0.4 is 0 Å². The summed E-state index contributed by atoms with van der Waals surface area (Å²) < 4.78 is 12.3. The van der Waals surface area contributed by atoms with Gasteiger partial charge >= 0.3 is 0 Å². The Bertz CT molecular complexity index is 535. The van der Waals surface area contributed by atoms with E-state index in [1.807, 2.05) is 31.2 Å². The Labute approximate surface area is 103 Å². The smallest absolute Gasteiger partial charge is 0.132 e. The Hall–Kier alpha value is -1.61. The quantitative estimate of drug-likeness (QED) is 0.903. The molecule has 1 N–H and O–H groups in total. The number of phenols is 1. The third-order valence-corrected chi connectivity index (χ3v) is 4.02. The lowest BCUT2D eigenvalue weighted by molar-refractivity contribution is 0.461. The summed E-state index contributed by atoms with van der Waals surface area (Å²) >= 11 is 0. The molecular formula is C14H14O2S. The average Bonchev–Trinajstić information content (AvgIpc) is 2.39. The topological polar surface area (TPSA) is 37.3 Å². The first-order valence-corrected chi connectivity index (χ1v) is 6.66. The number of aryl methyl sites for hydroxylation is 1. The molecule has 0 fully saturated rings. The van der Waals surface area contributed by atoms with E-state index in [9.17, 15) is 9.32 Å². The molecule has 1 atom stereocenters. The maximum Gasteiger partial charge on any atom is 0.132 e. The van der Waals surface area contributed by atoms with Crippen molar-refractivity contribution in [2.45, 2.75) is 23.1 Å². The molecule has 2 aromatic rings. The van der Waals surface area contributed by atoms with Crippen molar-refractivity contribution in [2.24, 2.45) is 0 Å². The number of rotatable bonds is 3. The normalized spacial score (nSPS) is 12.3.